The second kappa shape index (κ2) is 48.3. The largest absolute Gasteiger partial charge is 0.0683 e. The van der Waals surface area contributed by atoms with E-state index in [9.17, 15) is 0 Å². The second-order valence-corrected chi connectivity index (χ2v) is 3.53. The summed E-state index contributed by atoms with van der Waals surface area (Å²) in [6, 6.07) is 0. The fourth-order valence-electron chi connectivity index (χ4n) is 0. The van der Waals surface area contributed by atoms with Crippen molar-refractivity contribution in [2.45, 2.75) is 89.5 Å². The number of hydrogen-bond acceptors (Lipinski definition) is 0. The van der Waals surface area contributed by atoms with Gasteiger partial charge in [0.05, 0.1) is 0 Å². The first-order valence-electron chi connectivity index (χ1n) is 7.00. The van der Waals surface area contributed by atoms with Crippen molar-refractivity contribution in [1.82, 2.24) is 0 Å². The lowest BCUT2D eigenvalue weighted by molar-refractivity contribution is 0.626. The zero-order chi connectivity index (χ0) is 13.9. The molecule has 0 aliphatic carbocycles. The highest BCUT2D eigenvalue weighted by molar-refractivity contribution is 4.32. The van der Waals surface area contributed by atoms with Gasteiger partial charge in [0.15, 0.2) is 0 Å². The Bertz CT molecular complexity index is 32.5. The fraction of sp³-hybridized carbons (Fsp3) is 1.00. The van der Waals surface area contributed by atoms with Gasteiger partial charge in [-0.25, -0.2) is 0 Å². The smallest absolute Gasteiger partial charge is 0.0474 e. The van der Waals surface area contributed by atoms with E-state index >= 15 is 0 Å². The van der Waals surface area contributed by atoms with Gasteiger partial charge in [-0.1, -0.05) is 89.5 Å². The van der Waals surface area contributed by atoms with Crippen molar-refractivity contribution in [3.8, 4) is 0 Å². The minimum absolute atomic E-state index is 0.833. The molecule has 0 aliphatic heterocycles. The SMILES string of the molecule is CC.CC.CC.CC(C)C.CCC(C)C. The van der Waals surface area contributed by atoms with E-state index in [2.05, 4.69) is 41.5 Å². The fourth-order valence-corrected chi connectivity index (χ4v) is 0. The summed E-state index contributed by atoms with van der Waals surface area (Å²) >= 11 is 0. The molecule has 0 atom stereocenters. The first-order chi connectivity index (χ1) is 7.00. The summed E-state index contributed by atoms with van der Waals surface area (Å²) in [6.07, 6.45) is 1.31. The Morgan fingerprint density at radius 3 is 0.667 bits per heavy atom. The molecule has 0 aromatic heterocycles. The monoisotopic (exact) mass is 220 g/mol. The molecule has 0 saturated heterocycles. The third-order valence-electron chi connectivity index (χ3n) is 0.816. The molecule has 0 amide bonds. The van der Waals surface area contributed by atoms with Crippen molar-refractivity contribution in [3.05, 3.63) is 0 Å². The lowest BCUT2D eigenvalue weighted by Gasteiger charge is -1.90. The Morgan fingerprint density at radius 1 is 0.600 bits per heavy atom. The summed E-state index contributed by atoms with van der Waals surface area (Å²) in [6.45, 7) is 25.1. The molecule has 0 rings (SSSR count). The van der Waals surface area contributed by atoms with E-state index in [0.29, 0.717) is 0 Å². The van der Waals surface area contributed by atoms with Gasteiger partial charge in [0.25, 0.3) is 0 Å². The maximum Gasteiger partial charge on any atom is -0.0474 e. The second-order valence-electron chi connectivity index (χ2n) is 3.53. The maximum absolute atomic E-state index is 2.22. The average Bonchev–Trinajstić information content (AvgIpc) is 2.26. The average molecular weight is 220 g/mol. The van der Waals surface area contributed by atoms with Crippen LogP contribution in [-0.4, -0.2) is 0 Å². The molecule has 0 radical (unpaired) electrons. The van der Waals surface area contributed by atoms with Crippen LogP contribution >= 0.6 is 0 Å². The molecule has 0 heterocycles. The van der Waals surface area contributed by atoms with Gasteiger partial charge in [0, 0.05) is 0 Å². The Balaban J connectivity index is -0.0000000301. The van der Waals surface area contributed by atoms with Crippen LogP contribution in [0.2, 0.25) is 0 Å². The van der Waals surface area contributed by atoms with Gasteiger partial charge in [-0.15, -0.1) is 0 Å². The van der Waals surface area contributed by atoms with E-state index in [0.717, 1.165) is 11.8 Å². The highest BCUT2D eigenvalue weighted by atomic mass is 13.9. The van der Waals surface area contributed by atoms with E-state index in [1.54, 1.807) is 0 Å². The molecule has 0 saturated carbocycles. The molecule has 0 heteroatoms. The van der Waals surface area contributed by atoms with Crippen molar-refractivity contribution in [3.63, 3.8) is 0 Å². The van der Waals surface area contributed by atoms with Crippen LogP contribution in [0, 0.1) is 11.8 Å². The molecule has 0 aromatic carbocycles. The summed E-state index contributed by atoms with van der Waals surface area (Å²) in [4.78, 5) is 0. The van der Waals surface area contributed by atoms with Gasteiger partial charge in [-0.2, -0.15) is 0 Å². The summed E-state index contributed by atoms with van der Waals surface area (Å²) in [5.74, 6) is 1.72. The summed E-state index contributed by atoms with van der Waals surface area (Å²) < 4.78 is 0. The minimum Gasteiger partial charge on any atom is -0.0683 e. The van der Waals surface area contributed by atoms with Crippen LogP contribution in [0.4, 0.5) is 0 Å². The predicted molar refractivity (Wildman–Crippen MR) is 79.7 cm³/mol. The molecule has 0 spiro atoms. The quantitative estimate of drug-likeness (QED) is 0.456. The van der Waals surface area contributed by atoms with Crippen LogP contribution in [0.25, 0.3) is 0 Å². The van der Waals surface area contributed by atoms with Crippen molar-refractivity contribution in [2.75, 3.05) is 0 Å². The van der Waals surface area contributed by atoms with Crippen molar-refractivity contribution < 1.29 is 0 Å². The number of rotatable bonds is 1. The van der Waals surface area contributed by atoms with Crippen LogP contribution in [0.3, 0.4) is 0 Å². The highest BCUT2D eigenvalue weighted by Crippen LogP contribution is 1.93. The first-order valence-corrected chi connectivity index (χ1v) is 7.00. The van der Waals surface area contributed by atoms with Crippen LogP contribution in [0.1, 0.15) is 89.5 Å². The van der Waals surface area contributed by atoms with Gasteiger partial charge in [-0.3, -0.25) is 0 Å². The molecule has 0 bridgehead atoms. The maximum atomic E-state index is 2.22. The van der Waals surface area contributed by atoms with E-state index in [4.69, 9.17) is 0 Å². The summed E-state index contributed by atoms with van der Waals surface area (Å²) in [5.41, 5.74) is 0. The predicted octanol–water partition coefficient (Wildman–Crippen LogP) is 6.79. The van der Waals surface area contributed by atoms with Crippen LogP contribution in [0.5, 0.6) is 0 Å². The molecule has 0 unspecified atom stereocenters. The van der Waals surface area contributed by atoms with E-state index in [1.807, 2.05) is 41.5 Å². The zero-order valence-electron chi connectivity index (χ0n) is 13.9. The molecule has 0 aromatic rings. The molecule has 0 nitrogen and oxygen atoms in total. The van der Waals surface area contributed by atoms with Gasteiger partial charge < -0.3 is 0 Å². The standard InChI is InChI=1S/C5H12.C4H10.3C2H6/c1-4-5(2)3;1-4(2)3;3*1-2/h5H,4H2,1-3H3;4H,1-3H3;3*1-2H3. The van der Waals surface area contributed by atoms with Crippen molar-refractivity contribution in [2.24, 2.45) is 11.8 Å². The Kier molecular flexibility index (Phi) is 94.6. The number of hydrogen-bond donors (Lipinski definition) is 0. The molecule has 100 valence electrons. The van der Waals surface area contributed by atoms with Crippen molar-refractivity contribution in [1.29, 1.82) is 0 Å². The minimum atomic E-state index is 0.833. The topological polar surface area (TPSA) is 0 Å². The molecule has 0 aliphatic rings. The van der Waals surface area contributed by atoms with Gasteiger partial charge >= 0.3 is 0 Å². The van der Waals surface area contributed by atoms with Crippen LogP contribution in [0.15, 0.2) is 0 Å². The van der Waals surface area contributed by atoms with Crippen LogP contribution < -0.4 is 0 Å². The normalized spacial score (nSPS) is 6.80. The summed E-state index contributed by atoms with van der Waals surface area (Å²) in [5, 5.41) is 0. The Labute approximate surface area is 102 Å². The van der Waals surface area contributed by atoms with Gasteiger partial charge in [0.1, 0.15) is 0 Å². The summed E-state index contributed by atoms with van der Waals surface area (Å²) in [7, 11) is 0. The third-order valence-corrected chi connectivity index (χ3v) is 0.816. The van der Waals surface area contributed by atoms with Gasteiger partial charge in [0.2, 0.25) is 0 Å². The molecule has 15 heavy (non-hydrogen) atoms. The Hall–Kier alpha value is 0. The zero-order valence-corrected chi connectivity index (χ0v) is 13.9. The van der Waals surface area contributed by atoms with Crippen molar-refractivity contribution >= 4 is 0 Å². The van der Waals surface area contributed by atoms with Crippen LogP contribution in [-0.2, 0) is 0 Å². The van der Waals surface area contributed by atoms with E-state index in [-0.39, 0.29) is 0 Å². The molecule has 0 fully saturated rings. The van der Waals surface area contributed by atoms with E-state index in [1.165, 1.54) is 6.42 Å². The lowest BCUT2D eigenvalue weighted by atomic mass is 10.2. The Morgan fingerprint density at radius 2 is 0.667 bits per heavy atom. The third kappa shape index (κ3) is 504. The van der Waals surface area contributed by atoms with E-state index < -0.39 is 0 Å². The molecule has 0 N–H and O–H groups in total. The first kappa shape index (κ1) is 29.4. The van der Waals surface area contributed by atoms with Gasteiger partial charge in [-0.05, 0) is 11.8 Å². The lowest BCUT2D eigenvalue weighted by Crippen LogP contribution is -1.77. The highest BCUT2D eigenvalue weighted by Gasteiger charge is 1.80. The molecular weight excluding hydrogens is 180 g/mol. The molecular formula is C15H40.